The molecule has 0 heterocycles. The van der Waals surface area contributed by atoms with Gasteiger partial charge in [-0.3, -0.25) is 5.41 Å². The highest BCUT2D eigenvalue weighted by Gasteiger charge is 2.00. The van der Waals surface area contributed by atoms with Gasteiger partial charge < -0.3 is 10.6 Å². The van der Waals surface area contributed by atoms with Crippen LogP contribution in [0.15, 0.2) is 24.3 Å². The molecule has 0 atom stereocenters. The monoisotopic (exact) mass is 181 g/mol. The fourth-order valence-corrected chi connectivity index (χ4v) is 0.949. The van der Waals surface area contributed by atoms with Crippen LogP contribution in [0.2, 0.25) is 0 Å². The summed E-state index contributed by atoms with van der Waals surface area (Å²) in [6, 6.07) is 6.14. The normalized spacial score (nSPS) is 9.69. The van der Waals surface area contributed by atoms with Crippen molar-refractivity contribution in [3.63, 3.8) is 0 Å². The molecule has 1 rings (SSSR count). The van der Waals surface area contributed by atoms with Crippen LogP contribution in [0, 0.1) is 11.2 Å². The summed E-state index contributed by atoms with van der Waals surface area (Å²) in [5, 5.41) is 7.12. The number of benzene rings is 1. The number of hydrogen-bond donors (Lipinski definition) is 2. The minimum Gasteiger partial charge on any atom is -0.370 e. The van der Waals surface area contributed by atoms with E-state index in [1.54, 1.807) is 24.1 Å². The minimum atomic E-state index is -0.255. The maximum Gasteiger partial charge on any atom is 0.188 e. The van der Waals surface area contributed by atoms with Crippen LogP contribution in [0.25, 0.3) is 0 Å². The molecule has 3 N–H and O–H groups in total. The van der Waals surface area contributed by atoms with E-state index in [1.807, 2.05) is 0 Å². The molecule has 70 valence electrons. The zero-order valence-corrected chi connectivity index (χ0v) is 7.42. The molecule has 0 aliphatic carbocycles. The lowest BCUT2D eigenvalue weighted by Gasteiger charge is -2.16. The van der Waals surface area contributed by atoms with E-state index in [0.717, 1.165) is 5.56 Å². The molecule has 0 saturated carbocycles. The molecule has 1 aromatic rings. The molecule has 0 saturated heterocycles. The minimum absolute atomic E-state index is 0.00400. The van der Waals surface area contributed by atoms with Crippen molar-refractivity contribution >= 4 is 5.96 Å². The average molecular weight is 181 g/mol. The third-order valence-electron chi connectivity index (χ3n) is 1.74. The Morgan fingerprint density at radius 2 is 2.00 bits per heavy atom. The number of rotatable bonds is 2. The lowest BCUT2D eigenvalue weighted by Crippen LogP contribution is -2.32. The highest BCUT2D eigenvalue weighted by molar-refractivity contribution is 5.74. The second kappa shape index (κ2) is 3.89. The third kappa shape index (κ3) is 2.74. The number of nitrogens with two attached hydrogens (primary N) is 1. The molecule has 0 unspecified atom stereocenters. The fourth-order valence-electron chi connectivity index (χ4n) is 0.949. The molecule has 4 heteroatoms. The predicted octanol–water partition coefficient (Wildman–Crippen LogP) is 1.15. The maximum atomic E-state index is 12.5. The lowest BCUT2D eigenvalue weighted by atomic mass is 10.2. The van der Waals surface area contributed by atoms with Gasteiger partial charge in [0, 0.05) is 13.6 Å². The number of hydrogen-bond acceptors (Lipinski definition) is 1. The van der Waals surface area contributed by atoms with Crippen molar-refractivity contribution in [1.82, 2.24) is 4.90 Å². The van der Waals surface area contributed by atoms with Crippen LogP contribution in [-0.4, -0.2) is 17.9 Å². The van der Waals surface area contributed by atoms with Gasteiger partial charge in [-0.1, -0.05) is 12.1 Å². The van der Waals surface area contributed by atoms with E-state index < -0.39 is 0 Å². The van der Waals surface area contributed by atoms with Crippen LogP contribution in [0.5, 0.6) is 0 Å². The van der Waals surface area contributed by atoms with Crippen molar-refractivity contribution in [3.05, 3.63) is 35.6 Å². The van der Waals surface area contributed by atoms with Crippen LogP contribution in [0.1, 0.15) is 5.56 Å². The van der Waals surface area contributed by atoms with Gasteiger partial charge in [0.25, 0.3) is 0 Å². The summed E-state index contributed by atoms with van der Waals surface area (Å²) in [5.74, 6) is -0.251. The van der Waals surface area contributed by atoms with E-state index in [4.69, 9.17) is 11.1 Å². The van der Waals surface area contributed by atoms with Crippen molar-refractivity contribution in [2.45, 2.75) is 6.54 Å². The van der Waals surface area contributed by atoms with Crippen LogP contribution < -0.4 is 5.73 Å². The third-order valence-corrected chi connectivity index (χ3v) is 1.74. The van der Waals surface area contributed by atoms with Gasteiger partial charge in [-0.05, 0) is 17.7 Å². The van der Waals surface area contributed by atoms with Crippen LogP contribution in [-0.2, 0) is 6.54 Å². The Balaban J connectivity index is 2.64. The molecule has 0 amide bonds. The van der Waals surface area contributed by atoms with Crippen LogP contribution in [0.3, 0.4) is 0 Å². The summed E-state index contributed by atoms with van der Waals surface area (Å²) in [6.07, 6.45) is 0. The van der Waals surface area contributed by atoms with Gasteiger partial charge in [0.2, 0.25) is 0 Å². The molecule has 0 aliphatic rings. The van der Waals surface area contributed by atoms with Gasteiger partial charge in [-0.2, -0.15) is 0 Å². The van der Waals surface area contributed by atoms with Gasteiger partial charge in [-0.15, -0.1) is 0 Å². The summed E-state index contributed by atoms with van der Waals surface area (Å²) < 4.78 is 12.5. The molecule has 3 nitrogen and oxygen atoms in total. The summed E-state index contributed by atoms with van der Waals surface area (Å²) in [4.78, 5) is 1.58. The van der Waals surface area contributed by atoms with Gasteiger partial charge in [0.15, 0.2) is 5.96 Å². The zero-order chi connectivity index (χ0) is 9.84. The highest BCUT2D eigenvalue weighted by atomic mass is 19.1. The smallest absolute Gasteiger partial charge is 0.188 e. The van der Waals surface area contributed by atoms with Crippen molar-refractivity contribution in [2.24, 2.45) is 5.73 Å². The standard InChI is InChI=1S/C9H12FN3/c1-13(9(11)12)6-7-2-4-8(10)5-3-7/h2-5H,6H2,1H3,(H3,11,12). The van der Waals surface area contributed by atoms with Gasteiger partial charge in [0.05, 0.1) is 0 Å². The highest BCUT2D eigenvalue weighted by Crippen LogP contribution is 2.04. The van der Waals surface area contributed by atoms with E-state index in [1.165, 1.54) is 12.1 Å². The first-order valence-corrected chi connectivity index (χ1v) is 3.89. The summed E-state index contributed by atoms with van der Waals surface area (Å²) in [5.41, 5.74) is 6.18. The quantitative estimate of drug-likeness (QED) is 0.531. The Bertz CT molecular complexity index is 294. The molecule has 0 aliphatic heterocycles. The van der Waals surface area contributed by atoms with E-state index in [0.29, 0.717) is 6.54 Å². The largest absolute Gasteiger partial charge is 0.370 e. The first kappa shape index (κ1) is 9.51. The second-order valence-corrected chi connectivity index (χ2v) is 2.87. The van der Waals surface area contributed by atoms with Crippen molar-refractivity contribution < 1.29 is 4.39 Å². The number of nitrogens with zero attached hydrogens (tertiary/aromatic N) is 1. The van der Waals surface area contributed by atoms with Crippen molar-refractivity contribution in [1.29, 1.82) is 5.41 Å². The Kier molecular flexibility index (Phi) is 2.84. The second-order valence-electron chi connectivity index (χ2n) is 2.87. The molecule has 0 bridgehead atoms. The lowest BCUT2D eigenvalue weighted by molar-refractivity contribution is 0.490. The predicted molar refractivity (Wildman–Crippen MR) is 49.8 cm³/mol. The van der Waals surface area contributed by atoms with Gasteiger partial charge >= 0.3 is 0 Å². The molecule has 0 radical (unpaired) electrons. The SMILES string of the molecule is CN(Cc1ccc(F)cc1)C(=N)N. The van der Waals surface area contributed by atoms with Crippen LogP contribution >= 0.6 is 0 Å². The van der Waals surface area contributed by atoms with E-state index in [9.17, 15) is 4.39 Å². The summed E-state index contributed by atoms with van der Waals surface area (Å²) in [7, 11) is 1.71. The van der Waals surface area contributed by atoms with E-state index in [-0.39, 0.29) is 11.8 Å². The first-order valence-electron chi connectivity index (χ1n) is 3.89. The van der Waals surface area contributed by atoms with Gasteiger partial charge in [0.1, 0.15) is 5.82 Å². The molecule has 13 heavy (non-hydrogen) atoms. The first-order chi connectivity index (χ1) is 6.09. The fraction of sp³-hybridized carbons (Fsp3) is 0.222. The summed E-state index contributed by atoms with van der Waals surface area (Å²) >= 11 is 0. The Labute approximate surface area is 76.5 Å². The summed E-state index contributed by atoms with van der Waals surface area (Å²) in [6.45, 7) is 0.523. The maximum absolute atomic E-state index is 12.5. The van der Waals surface area contributed by atoms with E-state index in [2.05, 4.69) is 0 Å². The molecule has 1 aromatic carbocycles. The molecular formula is C9H12FN3. The number of halogens is 1. The number of nitrogens with one attached hydrogen (secondary N) is 1. The van der Waals surface area contributed by atoms with E-state index >= 15 is 0 Å². The Hall–Kier alpha value is -1.58. The number of guanidine groups is 1. The molecular weight excluding hydrogens is 169 g/mol. The average Bonchev–Trinajstić information content (AvgIpc) is 2.08. The topological polar surface area (TPSA) is 53.1 Å². The Morgan fingerprint density at radius 3 is 2.46 bits per heavy atom. The van der Waals surface area contributed by atoms with Crippen LogP contribution in [0.4, 0.5) is 4.39 Å². The Morgan fingerprint density at radius 1 is 1.46 bits per heavy atom. The molecule has 0 spiro atoms. The van der Waals surface area contributed by atoms with Gasteiger partial charge in [-0.25, -0.2) is 4.39 Å². The molecule has 0 fully saturated rings. The van der Waals surface area contributed by atoms with Crippen molar-refractivity contribution in [2.75, 3.05) is 7.05 Å². The molecule has 0 aromatic heterocycles. The zero-order valence-electron chi connectivity index (χ0n) is 7.42. The van der Waals surface area contributed by atoms with Crippen molar-refractivity contribution in [3.8, 4) is 0 Å².